The van der Waals surface area contributed by atoms with E-state index in [0.29, 0.717) is 5.02 Å². The van der Waals surface area contributed by atoms with E-state index >= 15 is 0 Å². The summed E-state index contributed by atoms with van der Waals surface area (Å²) >= 11 is 5.81. The van der Waals surface area contributed by atoms with Crippen LogP contribution in [0.1, 0.15) is 27.0 Å². The van der Waals surface area contributed by atoms with Crippen molar-refractivity contribution in [3.05, 3.63) is 69.5 Å². The molecule has 0 amide bonds. The minimum atomic E-state index is -0.527. The number of carbonyl (C=O) groups excluding carboxylic acids is 1. The topological polar surface area (TPSA) is 17.1 Å². The summed E-state index contributed by atoms with van der Waals surface area (Å²) in [5, 5.41) is 0.367. The smallest absolute Gasteiger partial charge is 0.170 e. The molecular weight excluding hydrogens is 263 g/mol. The fourth-order valence-electron chi connectivity index (χ4n) is 2.09. The number of ketones is 1. The van der Waals surface area contributed by atoms with Crippen LogP contribution in [0.4, 0.5) is 4.39 Å². The number of aryl methyl sites for hydroxylation is 2. The molecule has 19 heavy (non-hydrogen) atoms. The Bertz CT molecular complexity index is 614. The Hall–Kier alpha value is -1.67. The van der Waals surface area contributed by atoms with E-state index in [4.69, 9.17) is 11.6 Å². The molecule has 2 rings (SSSR count). The Morgan fingerprint density at radius 1 is 1.16 bits per heavy atom. The third-order valence-corrected chi connectivity index (χ3v) is 3.45. The third-order valence-electron chi connectivity index (χ3n) is 3.21. The first-order chi connectivity index (χ1) is 8.99. The molecule has 0 atom stereocenters. The Balaban J connectivity index is 2.34. The average molecular weight is 277 g/mol. The molecule has 0 aromatic heterocycles. The summed E-state index contributed by atoms with van der Waals surface area (Å²) in [6.07, 6.45) is 0.190. The van der Waals surface area contributed by atoms with Gasteiger partial charge in [-0.25, -0.2) is 4.39 Å². The lowest BCUT2D eigenvalue weighted by Gasteiger charge is -2.09. The van der Waals surface area contributed by atoms with E-state index in [1.807, 2.05) is 32.0 Å². The van der Waals surface area contributed by atoms with Crippen LogP contribution < -0.4 is 0 Å². The second kappa shape index (κ2) is 5.54. The molecular formula is C16H14ClFO. The van der Waals surface area contributed by atoms with Crippen LogP contribution in [0, 0.1) is 19.7 Å². The Labute approximate surface area is 117 Å². The molecule has 0 bridgehead atoms. The summed E-state index contributed by atoms with van der Waals surface area (Å²) in [5.74, 6) is -0.780. The quantitative estimate of drug-likeness (QED) is 0.753. The fourth-order valence-corrected chi connectivity index (χ4v) is 2.27. The van der Waals surface area contributed by atoms with Crippen molar-refractivity contribution < 1.29 is 9.18 Å². The zero-order chi connectivity index (χ0) is 14.0. The number of hydrogen-bond acceptors (Lipinski definition) is 1. The predicted octanol–water partition coefficient (Wildman–Crippen LogP) is 4.52. The van der Waals surface area contributed by atoms with Crippen molar-refractivity contribution >= 4 is 17.4 Å². The van der Waals surface area contributed by atoms with Crippen LogP contribution in [0.2, 0.25) is 5.02 Å². The van der Waals surface area contributed by atoms with Gasteiger partial charge in [-0.3, -0.25) is 4.79 Å². The van der Waals surface area contributed by atoms with Gasteiger partial charge in [0.2, 0.25) is 0 Å². The van der Waals surface area contributed by atoms with Crippen molar-refractivity contribution in [1.82, 2.24) is 0 Å². The maximum absolute atomic E-state index is 13.6. The highest BCUT2D eigenvalue weighted by molar-refractivity contribution is 6.31. The van der Waals surface area contributed by atoms with Gasteiger partial charge in [-0.05, 0) is 48.7 Å². The Kier molecular flexibility index (Phi) is 4.01. The van der Waals surface area contributed by atoms with Crippen LogP contribution in [0.3, 0.4) is 0 Å². The summed E-state index contributed by atoms with van der Waals surface area (Å²) < 4.78 is 13.6. The van der Waals surface area contributed by atoms with Crippen LogP contribution in [-0.2, 0) is 6.42 Å². The van der Waals surface area contributed by atoms with Crippen LogP contribution >= 0.6 is 11.6 Å². The predicted molar refractivity (Wildman–Crippen MR) is 75.4 cm³/mol. The third kappa shape index (κ3) is 3.02. The molecule has 3 heteroatoms. The number of hydrogen-bond donors (Lipinski definition) is 0. The van der Waals surface area contributed by atoms with E-state index in [0.717, 1.165) is 16.7 Å². The average Bonchev–Trinajstić information content (AvgIpc) is 2.37. The van der Waals surface area contributed by atoms with E-state index in [9.17, 15) is 9.18 Å². The minimum Gasteiger partial charge on any atom is -0.294 e. The molecule has 0 aliphatic rings. The van der Waals surface area contributed by atoms with E-state index < -0.39 is 5.82 Å². The van der Waals surface area contributed by atoms with Crippen LogP contribution in [0.25, 0.3) is 0 Å². The van der Waals surface area contributed by atoms with Crippen LogP contribution in [-0.4, -0.2) is 5.78 Å². The maximum Gasteiger partial charge on any atom is 0.170 e. The van der Waals surface area contributed by atoms with Crippen LogP contribution in [0.15, 0.2) is 36.4 Å². The number of carbonyl (C=O) groups is 1. The van der Waals surface area contributed by atoms with Gasteiger partial charge in [0.25, 0.3) is 0 Å². The molecule has 0 aliphatic carbocycles. The van der Waals surface area contributed by atoms with Gasteiger partial charge in [-0.1, -0.05) is 29.8 Å². The molecule has 2 aromatic rings. The van der Waals surface area contributed by atoms with Crippen molar-refractivity contribution in [2.45, 2.75) is 20.3 Å². The van der Waals surface area contributed by atoms with Crippen molar-refractivity contribution in [2.24, 2.45) is 0 Å². The van der Waals surface area contributed by atoms with Crippen molar-refractivity contribution in [1.29, 1.82) is 0 Å². The first-order valence-corrected chi connectivity index (χ1v) is 6.40. The van der Waals surface area contributed by atoms with Gasteiger partial charge in [0.1, 0.15) is 5.82 Å². The van der Waals surface area contributed by atoms with E-state index in [-0.39, 0.29) is 17.8 Å². The molecule has 0 spiro atoms. The van der Waals surface area contributed by atoms with Crippen LogP contribution in [0.5, 0.6) is 0 Å². The molecule has 0 unspecified atom stereocenters. The molecule has 1 nitrogen and oxygen atoms in total. The number of rotatable bonds is 3. The molecule has 0 fully saturated rings. The number of Topliss-reactive ketones (excluding diaryl/α,β-unsaturated/α-hetero) is 1. The van der Waals surface area contributed by atoms with Gasteiger partial charge in [-0.2, -0.15) is 0 Å². The summed E-state index contributed by atoms with van der Waals surface area (Å²) in [4.78, 5) is 12.2. The molecule has 98 valence electrons. The highest BCUT2D eigenvalue weighted by Crippen LogP contribution is 2.20. The van der Waals surface area contributed by atoms with Gasteiger partial charge in [0.15, 0.2) is 5.78 Å². The maximum atomic E-state index is 13.6. The normalized spacial score (nSPS) is 10.5. The second-order valence-electron chi connectivity index (χ2n) is 4.59. The molecule has 0 saturated heterocycles. The van der Waals surface area contributed by atoms with Crippen molar-refractivity contribution in [2.75, 3.05) is 0 Å². The standard InChI is InChI=1S/C16H14ClFO/c1-10-4-3-5-11(2)13(10)9-16(19)14-8-12(17)6-7-15(14)18/h3-8H,9H2,1-2H3. The van der Waals surface area contributed by atoms with Gasteiger partial charge < -0.3 is 0 Å². The zero-order valence-electron chi connectivity index (χ0n) is 10.8. The molecule has 0 saturated carbocycles. The fraction of sp³-hybridized carbons (Fsp3) is 0.188. The van der Waals surface area contributed by atoms with Gasteiger partial charge in [0, 0.05) is 11.4 Å². The molecule has 2 aromatic carbocycles. The number of benzene rings is 2. The van der Waals surface area contributed by atoms with Gasteiger partial charge >= 0.3 is 0 Å². The second-order valence-corrected chi connectivity index (χ2v) is 5.03. The van der Waals surface area contributed by atoms with Crippen molar-refractivity contribution in [3.63, 3.8) is 0 Å². The van der Waals surface area contributed by atoms with E-state index in [1.54, 1.807) is 0 Å². The lowest BCUT2D eigenvalue weighted by Crippen LogP contribution is -2.08. The molecule has 0 aliphatic heterocycles. The first kappa shape index (κ1) is 13.8. The zero-order valence-corrected chi connectivity index (χ0v) is 11.6. The molecule has 0 heterocycles. The minimum absolute atomic E-state index is 0.0511. The summed E-state index contributed by atoms with van der Waals surface area (Å²) in [7, 11) is 0. The first-order valence-electron chi connectivity index (χ1n) is 6.02. The summed E-state index contributed by atoms with van der Waals surface area (Å²) in [5.41, 5.74) is 3.08. The Morgan fingerprint density at radius 3 is 2.42 bits per heavy atom. The Morgan fingerprint density at radius 2 is 1.79 bits per heavy atom. The van der Waals surface area contributed by atoms with E-state index in [1.165, 1.54) is 18.2 Å². The molecule has 0 N–H and O–H groups in total. The highest BCUT2D eigenvalue weighted by Gasteiger charge is 2.15. The monoisotopic (exact) mass is 276 g/mol. The lowest BCUT2D eigenvalue weighted by atomic mass is 9.95. The highest BCUT2D eigenvalue weighted by atomic mass is 35.5. The van der Waals surface area contributed by atoms with Gasteiger partial charge in [-0.15, -0.1) is 0 Å². The summed E-state index contributed by atoms with van der Waals surface area (Å²) in [6.45, 7) is 3.90. The largest absolute Gasteiger partial charge is 0.294 e. The van der Waals surface area contributed by atoms with Gasteiger partial charge in [0.05, 0.1) is 5.56 Å². The van der Waals surface area contributed by atoms with Crippen molar-refractivity contribution in [3.8, 4) is 0 Å². The number of halogens is 2. The summed E-state index contributed by atoms with van der Waals surface area (Å²) in [6, 6.07) is 9.88. The van der Waals surface area contributed by atoms with E-state index in [2.05, 4.69) is 0 Å². The molecule has 0 radical (unpaired) electrons. The SMILES string of the molecule is Cc1cccc(C)c1CC(=O)c1cc(Cl)ccc1F. The lowest BCUT2D eigenvalue weighted by molar-refractivity contribution is 0.0988.